The van der Waals surface area contributed by atoms with E-state index >= 15 is 0 Å². The van der Waals surface area contributed by atoms with Gasteiger partial charge in [0.15, 0.2) is 0 Å². The van der Waals surface area contributed by atoms with Crippen molar-refractivity contribution in [3.05, 3.63) is 87.3 Å². The van der Waals surface area contributed by atoms with Crippen molar-refractivity contribution >= 4 is 15.9 Å². The molecule has 1 aliphatic rings. The van der Waals surface area contributed by atoms with E-state index in [1.165, 1.54) is 0 Å². The van der Waals surface area contributed by atoms with Crippen LogP contribution in [0.2, 0.25) is 0 Å². The molecule has 1 aromatic heterocycles. The quantitative estimate of drug-likeness (QED) is 0.639. The van der Waals surface area contributed by atoms with Crippen LogP contribution in [0.5, 0.6) is 5.88 Å². The zero-order chi connectivity index (χ0) is 19.7. The third-order valence-corrected chi connectivity index (χ3v) is 5.29. The summed E-state index contributed by atoms with van der Waals surface area (Å²) in [7, 11) is 0. The maximum Gasteiger partial charge on any atom is 0.229 e. The third-order valence-electron chi connectivity index (χ3n) is 4.79. The number of hydrogen-bond donors (Lipinski definition) is 1. The molecule has 2 heterocycles. The van der Waals surface area contributed by atoms with Crippen LogP contribution in [0, 0.1) is 11.3 Å². The van der Waals surface area contributed by atoms with Crippen molar-refractivity contribution in [1.82, 2.24) is 9.78 Å². The Labute approximate surface area is 172 Å². The second-order valence-corrected chi connectivity index (χ2v) is 7.56. The third kappa shape index (κ3) is 3.08. The molecule has 140 valence electrons. The van der Waals surface area contributed by atoms with E-state index in [-0.39, 0.29) is 11.8 Å². The standard InChI is InChI=1S/C22H19BrN4O/c1-2-7-18-20-19(14-8-6-9-15(23)12-14)17(13-24)21(25)28-22(20)27(26-18)16-10-4-3-5-11-16/h3-6,8-12,19H,2,7,25H2,1H3. The zero-order valence-corrected chi connectivity index (χ0v) is 17.0. The number of nitriles is 1. The number of aryl methyl sites for hydroxylation is 1. The van der Waals surface area contributed by atoms with Gasteiger partial charge >= 0.3 is 0 Å². The second-order valence-electron chi connectivity index (χ2n) is 6.64. The summed E-state index contributed by atoms with van der Waals surface area (Å²) in [5.41, 5.74) is 10.3. The van der Waals surface area contributed by atoms with Crippen LogP contribution < -0.4 is 10.5 Å². The summed E-state index contributed by atoms with van der Waals surface area (Å²) in [5.74, 6) is 0.390. The van der Waals surface area contributed by atoms with Crippen molar-refractivity contribution in [2.24, 2.45) is 5.73 Å². The van der Waals surface area contributed by atoms with Crippen molar-refractivity contribution < 1.29 is 4.74 Å². The molecule has 28 heavy (non-hydrogen) atoms. The Balaban J connectivity index is 1.99. The molecular weight excluding hydrogens is 416 g/mol. The minimum absolute atomic E-state index is 0.125. The fraction of sp³-hybridized carbons (Fsp3) is 0.182. The first-order valence-corrected chi connectivity index (χ1v) is 9.93. The Morgan fingerprint density at radius 1 is 1.21 bits per heavy atom. The molecule has 0 bridgehead atoms. The molecule has 2 aromatic carbocycles. The highest BCUT2D eigenvalue weighted by Gasteiger charge is 2.36. The predicted molar refractivity (Wildman–Crippen MR) is 111 cm³/mol. The molecule has 6 heteroatoms. The first-order chi connectivity index (χ1) is 13.6. The number of rotatable bonds is 4. The topological polar surface area (TPSA) is 76.9 Å². The van der Waals surface area contributed by atoms with Crippen LogP contribution in [0.15, 0.2) is 70.5 Å². The summed E-state index contributed by atoms with van der Waals surface area (Å²) < 4.78 is 8.68. The fourth-order valence-electron chi connectivity index (χ4n) is 3.60. The van der Waals surface area contributed by atoms with Gasteiger partial charge in [-0.1, -0.05) is 59.6 Å². The largest absolute Gasteiger partial charge is 0.422 e. The Morgan fingerprint density at radius 3 is 2.68 bits per heavy atom. The minimum atomic E-state index is -0.315. The number of fused-ring (bicyclic) bond motifs is 1. The van der Waals surface area contributed by atoms with E-state index in [4.69, 9.17) is 15.6 Å². The maximum absolute atomic E-state index is 9.83. The smallest absolute Gasteiger partial charge is 0.229 e. The molecule has 2 N–H and O–H groups in total. The summed E-state index contributed by atoms with van der Waals surface area (Å²) in [4.78, 5) is 0. The Hall–Kier alpha value is -3.04. The summed E-state index contributed by atoms with van der Waals surface area (Å²) in [6.45, 7) is 2.11. The highest BCUT2D eigenvalue weighted by Crippen LogP contribution is 2.45. The number of hydrogen-bond acceptors (Lipinski definition) is 4. The molecule has 0 saturated heterocycles. The van der Waals surface area contributed by atoms with E-state index in [1.54, 1.807) is 4.68 Å². The fourth-order valence-corrected chi connectivity index (χ4v) is 4.01. The van der Waals surface area contributed by atoms with E-state index in [0.717, 1.165) is 39.8 Å². The first-order valence-electron chi connectivity index (χ1n) is 9.14. The lowest BCUT2D eigenvalue weighted by Gasteiger charge is -2.25. The van der Waals surface area contributed by atoms with E-state index < -0.39 is 0 Å². The maximum atomic E-state index is 9.83. The lowest BCUT2D eigenvalue weighted by atomic mass is 9.83. The normalized spacial score (nSPS) is 15.7. The highest BCUT2D eigenvalue weighted by molar-refractivity contribution is 9.10. The van der Waals surface area contributed by atoms with Gasteiger partial charge in [-0.25, -0.2) is 4.68 Å². The first kappa shape index (κ1) is 18.3. The van der Waals surface area contributed by atoms with Crippen LogP contribution in [0.3, 0.4) is 0 Å². The molecule has 0 fully saturated rings. The van der Waals surface area contributed by atoms with Crippen LogP contribution >= 0.6 is 15.9 Å². The number of ether oxygens (including phenoxy) is 1. The number of nitrogens with two attached hydrogens (primary N) is 1. The number of allylic oxidation sites excluding steroid dienone is 1. The van der Waals surface area contributed by atoms with Gasteiger partial charge in [0.2, 0.25) is 11.8 Å². The van der Waals surface area contributed by atoms with Gasteiger partial charge in [0.25, 0.3) is 0 Å². The SMILES string of the molecule is CCCc1nn(-c2ccccc2)c2c1C(c1cccc(Br)c1)C(C#N)=C(N)O2. The van der Waals surface area contributed by atoms with E-state index in [9.17, 15) is 5.26 Å². The van der Waals surface area contributed by atoms with Gasteiger partial charge in [0, 0.05) is 4.47 Å². The van der Waals surface area contributed by atoms with E-state index in [1.807, 2.05) is 54.6 Å². The number of nitrogens with zero attached hydrogens (tertiary/aromatic N) is 3. The van der Waals surface area contributed by atoms with Gasteiger partial charge < -0.3 is 10.5 Å². The van der Waals surface area contributed by atoms with Gasteiger partial charge in [-0.05, 0) is 36.2 Å². The number of para-hydroxylation sites is 1. The van der Waals surface area contributed by atoms with Crippen molar-refractivity contribution in [2.45, 2.75) is 25.7 Å². The lowest BCUT2D eigenvalue weighted by Crippen LogP contribution is -2.22. The zero-order valence-electron chi connectivity index (χ0n) is 15.4. The van der Waals surface area contributed by atoms with Crippen LogP contribution in [0.1, 0.15) is 36.1 Å². The van der Waals surface area contributed by atoms with Crippen molar-refractivity contribution in [3.63, 3.8) is 0 Å². The molecular formula is C22H19BrN4O. The Kier molecular flexibility index (Phi) is 4.93. The molecule has 4 rings (SSSR count). The van der Waals surface area contributed by atoms with Gasteiger partial charge in [-0.3, -0.25) is 0 Å². The number of halogens is 1. The summed E-state index contributed by atoms with van der Waals surface area (Å²) in [6.07, 6.45) is 1.72. The summed E-state index contributed by atoms with van der Waals surface area (Å²) in [5, 5.41) is 14.7. The molecule has 1 unspecified atom stereocenters. The Morgan fingerprint density at radius 2 is 2.00 bits per heavy atom. The van der Waals surface area contributed by atoms with Crippen LogP contribution in [-0.2, 0) is 6.42 Å². The van der Waals surface area contributed by atoms with Crippen LogP contribution in [0.25, 0.3) is 5.69 Å². The van der Waals surface area contributed by atoms with Crippen LogP contribution in [-0.4, -0.2) is 9.78 Å². The molecule has 1 aliphatic heterocycles. The van der Waals surface area contributed by atoms with E-state index in [0.29, 0.717) is 11.5 Å². The molecule has 0 aliphatic carbocycles. The molecule has 0 saturated carbocycles. The molecule has 0 radical (unpaired) electrons. The average molecular weight is 435 g/mol. The molecule has 0 amide bonds. The summed E-state index contributed by atoms with van der Waals surface area (Å²) in [6, 6.07) is 20.0. The predicted octanol–water partition coefficient (Wildman–Crippen LogP) is 4.81. The lowest BCUT2D eigenvalue weighted by molar-refractivity contribution is 0.367. The van der Waals surface area contributed by atoms with Gasteiger partial charge in [-0.2, -0.15) is 10.4 Å². The van der Waals surface area contributed by atoms with Crippen molar-refractivity contribution in [1.29, 1.82) is 5.26 Å². The van der Waals surface area contributed by atoms with E-state index in [2.05, 4.69) is 28.9 Å². The number of benzene rings is 2. The van der Waals surface area contributed by atoms with Gasteiger partial charge in [0.1, 0.15) is 11.6 Å². The van der Waals surface area contributed by atoms with Gasteiger partial charge in [0.05, 0.1) is 22.9 Å². The molecule has 1 atom stereocenters. The highest BCUT2D eigenvalue weighted by atomic mass is 79.9. The second kappa shape index (κ2) is 7.53. The Bertz CT molecular complexity index is 1100. The molecule has 0 spiro atoms. The molecule has 5 nitrogen and oxygen atoms in total. The number of aromatic nitrogens is 2. The van der Waals surface area contributed by atoms with Crippen molar-refractivity contribution in [2.75, 3.05) is 0 Å². The average Bonchev–Trinajstić information content (AvgIpc) is 3.05. The van der Waals surface area contributed by atoms with Gasteiger partial charge in [-0.15, -0.1) is 0 Å². The summed E-state index contributed by atoms with van der Waals surface area (Å²) >= 11 is 3.53. The van der Waals surface area contributed by atoms with Crippen LogP contribution in [0.4, 0.5) is 0 Å². The molecule has 3 aromatic rings. The monoisotopic (exact) mass is 434 g/mol. The minimum Gasteiger partial charge on any atom is -0.422 e. The van der Waals surface area contributed by atoms with Crippen molar-refractivity contribution in [3.8, 4) is 17.6 Å².